The lowest BCUT2D eigenvalue weighted by Crippen LogP contribution is -2.14. The molecule has 0 spiro atoms. The Morgan fingerprint density at radius 2 is 0.962 bits per heavy atom. The van der Waals surface area contributed by atoms with Gasteiger partial charge in [-0.2, -0.15) is 0 Å². The number of rotatable bonds is 5. The lowest BCUT2D eigenvalue weighted by Gasteiger charge is -2.10. The summed E-state index contributed by atoms with van der Waals surface area (Å²) in [6.07, 6.45) is -0.206. The first-order chi connectivity index (χ1) is 12.2. The zero-order chi connectivity index (χ0) is 19.4. The Bertz CT molecular complexity index is 797. The van der Waals surface area contributed by atoms with Gasteiger partial charge in [0.15, 0.2) is 0 Å². The van der Waals surface area contributed by atoms with Gasteiger partial charge in [-0.25, -0.2) is 0 Å². The minimum absolute atomic E-state index is 0.103. The summed E-state index contributed by atoms with van der Waals surface area (Å²) in [7, 11) is 0. The monoisotopic (exact) mass is 738 g/mol. The van der Waals surface area contributed by atoms with E-state index in [1.165, 1.54) is 0 Å². The third-order valence-electron chi connectivity index (χ3n) is 2.98. The molecule has 0 saturated carbocycles. The number of esters is 2. The zero-order valence-corrected chi connectivity index (χ0v) is 22.1. The molecule has 0 unspecified atom stereocenters. The van der Waals surface area contributed by atoms with Gasteiger partial charge in [0, 0.05) is 17.9 Å². The summed E-state index contributed by atoms with van der Waals surface area (Å²) in [5, 5.41) is 0. The van der Waals surface area contributed by atoms with Crippen molar-refractivity contribution in [3.8, 4) is 11.5 Å². The molecule has 26 heavy (non-hydrogen) atoms. The molecule has 138 valence electrons. The van der Waals surface area contributed by atoms with Crippen LogP contribution in [0.15, 0.2) is 51.1 Å². The Morgan fingerprint density at radius 1 is 0.615 bits per heavy atom. The van der Waals surface area contributed by atoms with Crippen LogP contribution in [0.3, 0.4) is 0 Å². The smallest absolute Gasteiger partial charge is 0.311 e. The van der Waals surface area contributed by atoms with E-state index in [0.29, 0.717) is 20.4 Å². The van der Waals surface area contributed by atoms with Gasteiger partial charge >= 0.3 is 11.9 Å². The van der Waals surface area contributed by atoms with Gasteiger partial charge in [0.1, 0.15) is 11.5 Å². The number of ether oxygens (including phenoxy) is 2. The van der Waals surface area contributed by atoms with E-state index in [1.807, 2.05) is 0 Å². The average Bonchev–Trinajstić information content (AvgIpc) is 2.61. The molecule has 0 aliphatic heterocycles. The van der Waals surface area contributed by atoms with Crippen molar-refractivity contribution in [2.75, 3.05) is 0 Å². The Balaban J connectivity index is 1.92. The van der Waals surface area contributed by atoms with Gasteiger partial charge < -0.3 is 9.47 Å². The molecule has 0 heterocycles. The predicted molar refractivity (Wildman–Crippen MR) is 120 cm³/mol. The lowest BCUT2D eigenvalue weighted by molar-refractivity contribution is -0.140. The van der Waals surface area contributed by atoms with Crippen molar-refractivity contribution in [3.05, 3.63) is 51.1 Å². The van der Waals surface area contributed by atoms with Crippen molar-refractivity contribution in [1.29, 1.82) is 0 Å². The fourth-order valence-corrected chi connectivity index (χ4v) is 4.43. The molecule has 0 aliphatic rings. The summed E-state index contributed by atoms with van der Waals surface area (Å²) in [4.78, 5) is 24.0. The number of halogens is 6. The fourth-order valence-electron chi connectivity index (χ4n) is 1.73. The molecule has 0 amide bonds. The summed E-state index contributed by atoms with van der Waals surface area (Å²) < 4.78 is 14.8. The molecule has 2 aromatic rings. The highest BCUT2D eigenvalue weighted by atomic mass is 79.9. The topological polar surface area (TPSA) is 52.6 Å². The van der Waals surface area contributed by atoms with Crippen LogP contribution in [0.5, 0.6) is 11.5 Å². The molecule has 0 atom stereocenters. The number of carbonyl (C=O) groups excluding carboxylic acids is 2. The van der Waals surface area contributed by atoms with Gasteiger partial charge in [0.25, 0.3) is 0 Å². The van der Waals surface area contributed by atoms with E-state index >= 15 is 0 Å². The zero-order valence-electron chi connectivity index (χ0n) is 12.6. The van der Waals surface area contributed by atoms with Crippen LogP contribution in [0.2, 0.25) is 0 Å². The summed E-state index contributed by atoms with van der Waals surface area (Å²) in [6.45, 7) is 0. The van der Waals surface area contributed by atoms with Gasteiger partial charge in [-0.05, 0) is 120 Å². The van der Waals surface area contributed by atoms with Gasteiger partial charge in [-0.15, -0.1) is 0 Å². The molecule has 0 fully saturated rings. The van der Waals surface area contributed by atoms with Crippen LogP contribution < -0.4 is 9.47 Å². The van der Waals surface area contributed by atoms with Crippen molar-refractivity contribution in [2.24, 2.45) is 0 Å². The summed E-state index contributed by atoms with van der Waals surface area (Å²) in [6, 6.07) is 6.78. The van der Waals surface area contributed by atoms with Crippen molar-refractivity contribution >= 4 is 108 Å². The Labute approximate surface area is 200 Å². The van der Waals surface area contributed by atoms with Crippen LogP contribution in [0.25, 0.3) is 0 Å². The average molecular weight is 744 g/mol. The molecule has 0 radical (unpaired) electrons. The highest BCUT2D eigenvalue weighted by molar-refractivity contribution is 9.15. The van der Waals surface area contributed by atoms with Gasteiger partial charge in [-0.1, -0.05) is 0 Å². The molecular formula is C16H8Br6O4. The first kappa shape index (κ1) is 22.5. The fraction of sp³-hybridized carbons (Fsp3) is 0.125. The second-order valence-electron chi connectivity index (χ2n) is 4.80. The van der Waals surface area contributed by atoms with Crippen molar-refractivity contribution in [1.82, 2.24) is 0 Å². The quantitative estimate of drug-likeness (QED) is 0.181. The third kappa shape index (κ3) is 5.88. The highest BCUT2D eigenvalue weighted by Gasteiger charge is 2.16. The number of benzene rings is 2. The first-order valence-corrected chi connectivity index (χ1v) is 11.6. The standard InChI is InChI=1S/C16H8Br6O4/c17-7-1-3-9(15(21)13(7)19)25-11(23)5-6-12(24)26-10-4-2-8(18)14(20)16(10)22/h1-4H,5-6H2. The molecule has 4 nitrogen and oxygen atoms in total. The number of hydrogen-bond acceptors (Lipinski definition) is 4. The minimum atomic E-state index is -0.534. The normalized spacial score (nSPS) is 10.5. The summed E-state index contributed by atoms with van der Waals surface area (Å²) in [5.74, 6) is -0.350. The molecule has 10 heteroatoms. The predicted octanol–water partition coefficient (Wildman–Crippen LogP) is 7.55. The second kappa shape index (κ2) is 10.2. The van der Waals surface area contributed by atoms with E-state index in [0.717, 1.165) is 17.9 Å². The number of carbonyl (C=O) groups is 2. The molecule has 2 aromatic carbocycles. The molecule has 0 saturated heterocycles. The molecule has 0 bridgehead atoms. The van der Waals surface area contributed by atoms with Crippen molar-refractivity contribution in [2.45, 2.75) is 12.8 Å². The maximum absolute atomic E-state index is 12.0. The number of hydrogen-bond donors (Lipinski definition) is 0. The first-order valence-electron chi connectivity index (χ1n) is 6.89. The van der Waals surface area contributed by atoms with Gasteiger partial charge in [0.05, 0.1) is 21.8 Å². The van der Waals surface area contributed by atoms with E-state index in [4.69, 9.17) is 9.47 Å². The van der Waals surface area contributed by atoms with Gasteiger partial charge in [-0.3, -0.25) is 9.59 Å². The SMILES string of the molecule is O=C(CCC(=O)Oc1ccc(Br)c(Br)c1Br)Oc1ccc(Br)c(Br)c1Br. The Hall–Kier alpha value is 0.260. The largest absolute Gasteiger partial charge is 0.425 e. The van der Waals surface area contributed by atoms with Crippen LogP contribution >= 0.6 is 95.6 Å². The lowest BCUT2D eigenvalue weighted by atomic mass is 10.3. The molecule has 2 rings (SSSR count). The van der Waals surface area contributed by atoms with Crippen LogP contribution in [0, 0.1) is 0 Å². The van der Waals surface area contributed by atoms with E-state index in [2.05, 4.69) is 95.6 Å². The van der Waals surface area contributed by atoms with E-state index in [-0.39, 0.29) is 12.8 Å². The van der Waals surface area contributed by atoms with Crippen molar-refractivity contribution in [3.63, 3.8) is 0 Å². The molecule has 0 aliphatic carbocycles. The summed E-state index contributed by atoms with van der Waals surface area (Å²) >= 11 is 20.1. The maximum Gasteiger partial charge on any atom is 0.311 e. The van der Waals surface area contributed by atoms with E-state index < -0.39 is 11.9 Å². The van der Waals surface area contributed by atoms with E-state index in [1.54, 1.807) is 24.3 Å². The minimum Gasteiger partial charge on any atom is -0.425 e. The van der Waals surface area contributed by atoms with Crippen LogP contribution in [-0.2, 0) is 9.59 Å². The summed E-state index contributed by atoms with van der Waals surface area (Å²) in [5.41, 5.74) is 0. The Morgan fingerprint density at radius 3 is 1.31 bits per heavy atom. The maximum atomic E-state index is 12.0. The van der Waals surface area contributed by atoms with E-state index in [9.17, 15) is 9.59 Å². The molecular weight excluding hydrogens is 736 g/mol. The van der Waals surface area contributed by atoms with Crippen molar-refractivity contribution < 1.29 is 19.1 Å². The highest BCUT2D eigenvalue weighted by Crippen LogP contribution is 2.39. The second-order valence-corrected chi connectivity index (χ2v) is 9.68. The Kier molecular flexibility index (Phi) is 8.81. The molecule has 0 N–H and O–H groups in total. The van der Waals surface area contributed by atoms with Crippen LogP contribution in [0.1, 0.15) is 12.8 Å². The third-order valence-corrected chi connectivity index (χ3v) is 9.65. The molecule has 0 aromatic heterocycles. The van der Waals surface area contributed by atoms with Crippen LogP contribution in [0.4, 0.5) is 0 Å². The van der Waals surface area contributed by atoms with Crippen LogP contribution in [-0.4, -0.2) is 11.9 Å². The van der Waals surface area contributed by atoms with Gasteiger partial charge in [0.2, 0.25) is 0 Å².